The minimum atomic E-state index is 0.657. The van der Waals surface area contributed by atoms with Gasteiger partial charge in [0.05, 0.1) is 19.4 Å². The molecule has 6 nitrogen and oxygen atoms in total. The summed E-state index contributed by atoms with van der Waals surface area (Å²) in [5.74, 6) is 1.90. The van der Waals surface area contributed by atoms with Gasteiger partial charge in [-0.25, -0.2) is 4.98 Å². The molecule has 0 saturated carbocycles. The van der Waals surface area contributed by atoms with Crippen molar-refractivity contribution in [2.45, 2.75) is 26.2 Å². The fraction of sp³-hybridized carbons (Fsp3) is 0.400. The van der Waals surface area contributed by atoms with E-state index in [0.29, 0.717) is 6.61 Å². The van der Waals surface area contributed by atoms with Crippen LogP contribution in [0.3, 0.4) is 0 Å². The molecule has 0 atom stereocenters. The van der Waals surface area contributed by atoms with Gasteiger partial charge in [0.1, 0.15) is 11.6 Å². The quantitative estimate of drug-likeness (QED) is 0.690. The molecule has 0 bridgehead atoms. The molecule has 2 heterocycles. The molecule has 1 aromatic carbocycles. The Morgan fingerprint density at radius 2 is 1.96 bits per heavy atom. The summed E-state index contributed by atoms with van der Waals surface area (Å²) in [5, 5.41) is 8.32. The molecular formula is C20H24N4O2. The van der Waals surface area contributed by atoms with E-state index in [0.717, 1.165) is 59.8 Å². The second-order valence-corrected chi connectivity index (χ2v) is 6.58. The van der Waals surface area contributed by atoms with Crippen LogP contribution in [0, 0.1) is 6.92 Å². The van der Waals surface area contributed by atoms with Crippen molar-refractivity contribution < 1.29 is 9.47 Å². The molecule has 0 fully saturated rings. The number of hydrogen-bond acceptors (Lipinski definition) is 5. The average molecular weight is 352 g/mol. The van der Waals surface area contributed by atoms with Gasteiger partial charge in [-0.15, -0.1) is 0 Å². The highest BCUT2D eigenvalue weighted by Gasteiger charge is 2.23. The third-order valence-electron chi connectivity index (χ3n) is 4.94. The highest BCUT2D eigenvalue weighted by atomic mass is 16.5. The molecular weight excluding hydrogens is 328 g/mol. The zero-order valence-electron chi connectivity index (χ0n) is 15.5. The molecule has 0 spiro atoms. The van der Waals surface area contributed by atoms with Gasteiger partial charge in [0.25, 0.3) is 0 Å². The number of anilines is 1. The molecule has 2 aromatic heterocycles. The molecule has 1 aliphatic carbocycles. The number of fused-ring (bicyclic) bond motifs is 2. The third kappa shape index (κ3) is 2.80. The Balaban J connectivity index is 1.87. The topological polar surface area (TPSA) is 60.7 Å². The first-order valence-corrected chi connectivity index (χ1v) is 9.01. The molecule has 26 heavy (non-hydrogen) atoms. The third-order valence-corrected chi connectivity index (χ3v) is 4.94. The van der Waals surface area contributed by atoms with Crippen molar-refractivity contribution in [2.24, 2.45) is 0 Å². The summed E-state index contributed by atoms with van der Waals surface area (Å²) in [6, 6.07) is 8.08. The fourth-order valence-corrected chi connectivity index (χ4v) is 3.68. The molecule has 6 heteroatoms. The van der Waals surface area contributed by atoms with Crippen LogP contribution in [0.15, 0.2) is 24.3 Å². The van der Waals surface area contributed by atoms with Crippen LogP contribution in [-0.4, -0.2) is 42.0 Å². The molecule has 1 N–H and O–H groups in total. The Morgan fingerprint density at radius 1 is 1.15 bits per heavy atom. The maximum Gasteiger partial charge on any atom is 0.165 e. The van der Waals surface area contributed by atoms with Crippen molar-refractivity contribution in [3.05, 3.63) is 41.2 Å². The largest absolute Gasteiger partial charge is 0.497 e. The summed E-state index contributed by atoms with van der Waals surface area (Å²) < 4.78 is 12.4. The van der Waals surface area contributed by atoms with Gasteiger partial charge in [-0.3, -0.25) is 0 Å². The van der Waals surface area contributed by atoms with Crippen molar-refractivity contribution in [1.82, 2.24) is 14.6 Å². The number of hydrogen-bond donors (Lipinski definition) is 1. The average Bonchev–Trinajstić information content (AvgIpc) is 3.25. The maximum absolute atomic E-state index is 5.28. The van der Waals surface area contributed by atoms with Crippen LogP contribution >= 0.6 is 0 Å². The van der Waals surface area contributed by atoms with Gasteiger partial charge in [-0.2, -0.15) is 9.61 Å². The van der Waals surface area contributed by atoms with Crippen LogP contribution in [0.25, 0.3) is 16.8 Å². The van der Waals surface area contributed by atoms with Crippen LogP contribution in [0.2, 0.25) is 0 Å². The summed E-state index contributed by atoms with van der Waals surface area (Å²) in [6.07, 6.45) is 3.22. The molecule has 0 unspecified atom stereocenters. The van der Waals surface area contributed by atoms with Gasteiger partial charge in [-0.05, 0) is 43.9 Å². The Kier molecular flexibility index (Phi) is 4.51. The second-order valence-electron chi connectivity index (χ2n) is 6.58. The summed E-state index contributed by atoms with van der Waals surface area (Å²) >= 11 is 0. The number of rotatable bonds is 6. The van der Waals surface area contributed by atoms with E-state index in [4.69, 9.17) is 19.6 Å². The molecule has 136 valence electrons. The van der Waals surface area contributed by atoms with E-state index in [1.165, 1.54) is 11.3 Å². The van der Waals surface area contributed by atoms with E-state index in [-0.39, 0.29) is 0 Å². The minimum Gasteiger partial charge on any atom is -0.497 e. The van der Waals surface area contributed by atoms with Crippen LogP contribution in [0.5, 0.6) is 5.75 Å². The van der Waals surface area contributed by atoms with E-state index in [2.05, 4.69) is 17.4 Å². The first-order chi connectivity index (χ1) is 12.7. The summed E-state index contributed by atoms with van der Waals surface area (Å²) in [4.78, 5) is 4.98. The molecule has 0 amide bonds. The Bertz CT molecular complexity index is 931. The second kappa shape index (κ2) is 6.96. The van der Waals surface area contributed by atoms with E-state index < -0.39 is 0 Å². The smallest absolute Gasteiger partial charge is 0.165 e. The van der Waals surface area contributed by atoms with E-state index >= 15 is 0 Å². The monoisotopic (exact) mass is 352 g/mol. The lowest BCUT2D eigenvalue weighted by atomic mass is 10.1. The highest BCUT2D eigenvalue weighted by molar-refractivity contribution is 5.81. The first kappa shape index (κ1) is 16.8. The summed E-state index contributed by atoms with van der Waals surface area (Å²) in [6.45, 7) is 3.45. The molecule has 4 rings (SSSR count). The minimum absolute atomic E-state index is 0.657. The van der Waals surface area contributed by atoms with Crippen molar-refractivity contribution in [2.75, 3.05) is 32.7 Å². The lowest BCUT2D eigenvalue weighted by molar-refractivity contribution is 0.210. The normalized spacial score (nSPS) is 13.2. The fourth-order valence-electron chi connectivity index (χ4n) is 3.68. The predicted octanol–water partition coefficient (Wildman–Crippen LogP) is 3.26. The highest BCUT2D eigenvalue weighted by Crippen LogP contribution is 2.34. The van der Waals surface area contributed by atoms with Crippen LogP contribution in [0.1, 0.15) is 23.4 Å². The van der Waals surface area contributed by atoms with Crippen molar-refractivity contribution in [1.29, 1.82) is 0 Å². The molecule has 1 aliphatic rings. The summed E-state index contributed by atoms with van der Waals surface area (Å²) in [5.41, 5.74) is 6.54. The van der Waals surface area contributed by atoms with Crippen LogP contribution in [0.4, 0.5) is 5.82 Å². The first-order valence-electron chi connectivity index (χ1n) is 9.01. The SMILES string of the molecule is COCCNc1c2c(nc3c(-c4ccc(OC)cc4)c(C)nn13)CCC2. The van der Waals surface area contributed by atoms with E-state index in [1.807, 2.05) is 23.6 Å². The number of benzene rings is 1. The van der Waals surface area contributed by atoms with Gasteiger partial charge < -0.3 is 14.8 Å². The molecule has 0 radical (unpaired) electrons. The van der Waals surface area contributed by atoms with Gasteiger partial charge in [0.15, 0.2) is 5.65 Å². The van der Waals surface area contributed by atoms with E-state index in [9.17, 15) is 0 Å². The number of aromatic nitrogens is 3. The Morgan fingerprint density at radius 3 is 2.69 bits per heavy atom. The Labute approximate surface area is 153 Å². The van der Waals surface area contributed by atoms with Crippen molar-refractivity contribution >= 4 is 11.5 Å². The van der Waals surface area contributed by atoms with E-state index in [1.54, 1.807) is 14.2 Å². The number of nitrogens with one attached hydrogen (secondary N) is 1. The standard InChI is InChI=1S/C20H24N4O2/c1-13-18(14-7-9-15(26-3)10-8-14)20-22-17-6-4-5-16(17)19(24(20)23-13)21-11-12-25-2/h7-10,21H,4-6,11-12H2,1-3H3. The van der Waals surface area contributed by atoms with Crippen LogP contribution < -0.4 is 10.1 Å². The molecule has 0 saturated heterocycles. The molecule has 0 aliphatic heterocycles. The zero-order valence-corrected chi connectivity index (χ0v) is 15.5. The van der Waals surface area contributed by atoms with Gasteiger partial charge >= 0.3 is 0 Å². The lowest BCUT2D eigenvalue weighted by Gasteiger charge is -2.13. The summed E-state index contributed by atoms with van der Waals surface area (Å²) in [7, 11) is 3.40. The van der Waals surface area contributed by atoms with Gasteiger partial charge in [-0.1, -0.05) is 12.1 Å². The van der Waals surface area contributed by atoms with Crippen molar-refractivity contribution in [3.8, 4) is 16.9 Å². The van der Waals surface area contributed by atoms with Crippen molar-refractivity contribution in [3.63, 3.8) is 0 Å². The van der Waals surface area contributed by atoms with Crippen LogP contribution in [-0.2, 0) is 17.6 Å². The Hall–Kier alpha value is -2.60. The maximum atomic E-state index is 5.28. The number of nitrogens with zero attached hydrogens (tertiary/aromatic N) is 3. The zero-order chi connectivity index (χ0) is 18.1. The van der Waals surface area contributed by atoms with Gasteiger partial charge in [0.2, 0.25) is 0 Å². The van der Waals surface area contributed by atoms with Gasteiger partial charge in [0, 0.05) is 30.5 Å². The number of ether oxygens (including phenoxy) is 2. The number of aryl methyl sites for hydroxylation is 2. The number of methoxy groups -OCH3 is 2. The molecule has 3 aromatic rings. The lowest BCUT2D eigenvalue weighted by Crippen LogP contribution is -2.14. The predicted molar refractivity (Wildman–Crippen MR) is 102 cm³/mol.